The number of hydrogen-bond acceptors (Lipinski definition) is 2. The van der Waals surface area contributed by atoms with Gasteiger partial charge in [0.05, 0.1) is 0 Å². The fourth-order valence-electron chi connectivity index (χ4n) is 4.91. The van der Waals surface area contributed by atoms with Gasteiger partial charge in [-0.25, -0.2) is 4.98 Å². The van der Waals surface area contributed by atoms with Crippen molar-refractivity contribution in [3.05, 3.63) is 23.4 Å². The third-order valence-corrected chi connectivity index (χ3v) is 5.69. The number of aromatic nitrogens is 1. The van der Waals surface area contributed by atoms with Crippen LogP contribution in [0, 0.1) is 23.7 Å². The summed E-state index contributed by atoms with van der Waals surface area (Å²) in [5, 5.41) is 4.22. The van der Waals surface area contributed by atoms with Gasteiger partial charge in [0.25, 0.3) is 0 Å². The second kappa shape index (κ2) is 4.12. The van der Waals surface area contributed by atoms with Crippen molar-refractivity contribution < 1.29 is 0 Å². The molecular weight excluding hydrogens is 244 g/mol. The monoisotopic (exact) mass is 262 g/mol. The molecule has 3 heteroatoms. The molecular formula is C15H19ClN2. The van der Waals surface area contributed by atoms with E-state index < -0.39 is 0 Å². The first-order valence-electron chi connectivity index (χ1n) is 7.20. The average Bonchev–Trinajstić information content (AvgIpc) is 2.99. The van der Waals surface area contributed by atoms with Gasteiger partial charge < -0.3 is 5.32 Å². The van der Waals surface area contributed by atoms with E-state index in [9.17, 15) is 0 Å². The summed E-state index contributed by atoms with van der Waals surface area (Å²) in [6.45, 7) is 0. The molecule has 0 saturated heterocycles. The summed E-state index contributed by atoms with van der Waals surface area (Å²) in [7, 11) is 0. The standard InChI is InChI=1S/C15H19ClN2/c16-14-5-2-6-15(18-14)17-13-8-9-7-12(13)11-4-1-3-10(9)11/h2,5-6,9-13H,1,3-4,7-8H2,(H,17,18). The van der Waals surface area contributed by atoms with Crippen LogP contribution in [-0.4, -0.2) is 11.0 Å². The molecule has 5 unspecified atom stereocenters. The predicted molar refractivity (Wildman–Crippen MR) is 73.7 cm³/mol. The van der Waals surface area contributed by atoms with Crippen LogP contribution in [0.25, 0.3) is 0 Å². The number of fused-ring (bicyclic) bond motifs is 5. The maximum absolute atomic E-state index is 5.95. The van der Waals surface area contributed by atoms with E-state index >= 15 is 0 Å². The van der Waals surface area contributed by atoms with Crippen LogP contribution in [0.4, 0.5) is 5.82 Å². The summed E-state index contributed by atoms with van der Waals surface area (Å²) in [5.74, 6) is 4.89. The lowest BCUT2D eigenvalue weighted by atomic mass is 9.79. The molecule has 1 aromatic heterocycles. The Labute approximate surface area is 113 Å². The molecule has 0 aliphatic heterocycles. The highest BCUT2D eigenvalue weighted by molar-refractivity contribution is 6.29. The first-order valence-corrected chi connectivity index (χ1v) is 7.58. The number of halogens is 1. The van der Waals surface area contributed by atoms with Crippen molar-refractivity contribution in [2.45, 2.75) is 38.1 Å². The summed E-state index contributed by atoms with van der Waals surface area (Å²) in [5.41, 5.74) is 0. The zero-order valence-electron chi connectivity index (χ0n) is 10.5. The fourth-order valence-corrected chi connectivity index (χ4v) is 5.08. The van der Waals surface area contributed by atoms with E-state index in [1.807, 2.05) is 18.2 Å². The van der Waals surface area contributed by atoms with Crippen LogP contribution in [0.1, 0.15) is 32.1 Å². The zero-order valence-corrected chi connectivity index (χ0v) is 11.2. The lowest BCUT2D eigenvalue weighted by Crippen LogP contribution is -2.34. The molecule has 1 heterocycles. The number of nitrogens with one attached hydrogen (secondary N) is 1. The molecule has 2 bridgehead atoms. The highest BCUT2D eigenvalue weighted by Gasteiger charge is 2.53. The summed E-state index contributed by atoms with van der Waals surface area (Å²) in [6, 6.07) is 6.48. The maximum Gasteiger partial charge on any atom is 0.131 e. The van der Waals surface area contributed by atoms with Crippen molar-refractivity contribution in [2.75, 3.05) is 5.32 Å². The minimum absolute atomic E-state index is 0.585. The number of rotatable bonds is 2. The highest BCUT2D eigenvalue weighted by atomic mass is 35.5. The lowest BCUT2D eigenvalue weighted by molar-refractivity contribution is 0.243. The molecule has 18 heavy (non-hydrogen) atoms. The van der Waals surface area contributed by atoms with Crippen molar-refractivity contribution in [1.82, 2.24) is 4.98 Å². The smallest absolute Gasteiger partial charge is 0.131 e. The summed E-state index contributed by atoms with van der Waals surface area (Å²) in [4.78, 5) is 4.36. The third-order valence-electron chi connectivity index (χ3n) is 5.48. The van der Waals surface area contributed by atoms with Gasteiger partial charge in [-0.3, -0.25) is 0 Å². The molecule has 5 atom stereocenters. The number of nitrogens with zero attached hydrogens (tertiary/aromatic N) is 1. The Morgan fingerprint density at radius 1 is 1.11 bits per heavy atom. The Bertz CT molecular complexity index is 462. The zero-order chi connectivity index (χ0) is 12.1. The largest absolute Gasteiger partial charge is 0.367 e. The van der Waals surface area contributed by atoms with Gasteiger partial charge >= 0.3 is 0 Å². The van der Waals surface area contributed by atoms with Gasteiger partial charge in [-0.2, -0.15) is 0 Å². The molecule has 2 nitrogen and oxygen atoms in total. The van der Waals surface area contributed by atoms with Gasteiger partial charge in [0.1, 0.15) is 11.0 Å². The number of hydrogen-bond donors (Lipinski definition) is 1. The quantitative estimate of drug-likeness (QED) is 0.816. The van der Waals surface area contributed by atoms with Crippen molar-refractivity contribution in [3.63, 3.8) is 0 Å². The van der Waals surface area contributed by atoms with Gasteiger partial charge in [0.15, 0.2) is 0 Å². The molecule has 0 radical (unpaired) electrons. The Balaban J connectivity index is 1.51. The van der Waals surface area contributed by atoms with Crippen LogP contribution in [-0.2, 0) is 0 Å². The molecule has 0 amide bonds. The van der Waals surface area contributed by atoms with Crippen LogP contribution in [0.3, 0.4) is 0 Å². The van der Waals surface area contributed by atoms with E-state index in [4.69, 9.17) is 11.6 Å². The summed E-state index contributed by atoms with van der Waals surface area (Å²) >= 11 is 5.95. The van der Waals surface area contributed by atoms with Gasteiger partial charge in [0, 0.05) is 6.04 Å². The van der Waals surface area contributed by atoms with Crippen LogP contribution in [0.2, 0.25) is 5.15 Å². The second-order valence-electron chi connectivity index (χ2n) is 6.25. The van der Waals surface area contributed by atoms with Gasteiger partial charge in [-0.05, 0) is 61.5 Å². The molecule has 4 rings (SSSR count). The molecule has 0 aromatic carbocycles. The number of pyridine rings is 1. The average molecular weight is 263 g/mol. The molecule has 3 aliphatic carbocycles. The van der Waals surface area contributed by atoms with Gasteiger partial charge in [0.2, 0.25) is 0 Å². The van der Waals surface area contributed by atoms with Crippen molar-refractivity contribution in [1.29, 1.82) is 0 Å². The molecule has 1 N–H and O–H groups in total. The van der Waals surface area contributed by atoms with Crippen LogP contribution in [0.15, 0.2) is 18.2 Å². The Kier molecular flexibility index (Phi) is 2.54. The minimum Gasteiger partial charge on any atom is -0.367 e. The summed E-state index contributed by atoms with van der Waals surface area (Å²) < 4.78 is 0. The van der Waals surface area contributed by atoms with E-state index in [2.05, 4.69) is 10.3 Å². The van der Waals surface area contributed by atoms with E-state index in [-0.39, 0.29) is 0 Å². The van der Waals surface area contributed by atoms with E-state index in [1.54, 1.807) is 0 Å². The first kappa shape index (κ1) is 11.1. The van der Waals surface area contributed by atoms with Gasteiger partial charge in [-0.1, -0.05) is 24.1 Å². The van der Waals surface area contributed by atoms with Crippen molar-refractivity contribution in [3.8, 4) is 0 Å². The van der Waals surface area contributed by atoms with E-state index in [0.29, 0.717) is 11.2 Å². The normalized spacial score (nSPS) is 41.1. The van der Waals surface area contributed by atoms with E-state index in [1.165, 1.54) is 32.1 Å². The first-order chi connectivity index (χ1) is 8.81. The maximum atomic E-state index is 5.95. The minimum atomic E-state index is 0.585. The molecule has 3 saturated carbocycles. The van der Waals surface area contributed by atoms with E-state index in [0.717, 1.165) is 29.5 Å². The Morgan fingerprint density at radius 3 is 2.89 bits per heavy atom. The van der Waals surface area contributed by atoms with Crippen LogP contribution < -0.4 is 5.32 Å². The number of anilines is 1. The second-order valence-corrected chi connectivity index (χ2v) is 6.64. The SMILES string of the molecule is Clc1cccc(NC2CC3CC2C2CCCC32)n1. The topological polar surface area (TPSA) is 24.9 Å². The summed E-state index contributed by atoms with van der Waals surface area (Å²) in [6.07, 6.45) is 7.22. The van der Waals surface area contributed by atoms with Crippen LogP contribution in [0.5, 0.6) is 0 Å². The van der Waals surface area contributed by atoms with Crippen molar-refractivity contribution in [2.24, 2.45) is 23.7 Å². The van der Waals surface area contributed by atoms with Crippen LogP contribution >= 0.6 is 11.6 Å². The van der Waals surface area contributed by atoms with Gasteiger partial charge in [-0.15, -0.1) is 0 Å². The molecule has 96 valence electrons. The fraction of sp³-hybridized carbons (Fsp3) is 0.667. The molecule has 0 spiro atoms. The molecule has 1 aromatic rings. The third kappa shape index (κ3) is 1.65. The molecule has 3 fully saturated rings. The predicted octanol–water partition coefficient (Wildman–Crippen LogP) is 3.97. The van der Waals surface area contributed by atoms with Crippen molar-refractivity contribution >= 4 is 17.4 Å². The molecule has 3 aliphatic rings. The lowest BCUT2D eigenvalue weighted by Gasteiger charge is -2.32. The Hall–Kier alpha value is -0.760. The Morgan fingerprint density at radius 2 is 2.00 bits per heavy atom. The highest BCUT2D eigenvalue weighted by Crippen LogP contribution is 2.59.